The van der Waals surface area contributed by atoms with E-state index >= 15 is 0 Å². The monoisotopic (exact) mass is 370 g/mol. The van der Waals surface area contributed by atoms with Crippen molar-refractivity contribution in [3.8, 4) is 5.75 Å². The number of nitrogens with one attached hydrogen (secondary N) is 1. The van der Waals surface area contributed by atoms with Gasteiger partial charge >= 0.3 is 0 Å². The van der Waals surface area contributed by atoms with Crippen molar-refractivity contribution in [1.82, 2.24) is 9.62 Å². The van der Waals surface area contributed by atoms with Crippen molar-refractivity contribution in [3.63, 3.8) is 0 Å². The number of sulfonamides is 1. The molecule has 0 saturated carbocycles. The zero-order valence-electron chi connectivity index (χ0n) is 14.7. The SMILES string of the molecule is COCCS(=O)(=O)N1CCC(C(=O)NCc2ccccc2OC)CC1. The molecule has 1 N–H and O–H groups in total. The summed E-state index contributed by atoms with van der Waals surface area (Å²) in [6.45, 7) is 1.33. The van der Waals surface area contributed by atoms with E-state index < -0.39 is 10.0 Å². The van der Waals surface area contributed by atoms with Crippen molar-refractivity contribution in [2.24, 2.45) is 5.92 Å². The van der Waals surface area contributed by atoms with Crippen LogP contribution in [-0.2, 0) is 26.1 Å². The molecule has 1 amide bonds. The van der Waals surface area contributed by atoms with Gasteiger partial charge in [0.2, 0.25) is 15.9 Å². The van der Waals surface area contributed by atoms with Crippen LogP contribution in [0.4, 0.5) is 0 Å². The van der Waals surface area contributed by atoms with Crippen LogP contribution in [0, 0.1) is 5.92 Å². The molecule has 2 rings (SSSR count). The van der Waals surface area contributed by atoms with Crippen molar-refractivity contribution in [1.29, 1.82) is 0 Å². The van der Waals surface area contributed by atoms with Crippen molar-refractivity contribution in [2.75, 3.05) is 39.7 Å². The third-order valence-electron chi connectivity index (χ3n) is 4.41. The molecule has 0 bridgehead atoms. The van der Waals surface area contributed by atoms with Crippen LogP contribution in [0.3, 0.4) is 0 Å². The second-order valence-corrected chi connectivity index (χ2v) is 8.10. The van der Waals surface area contributed by atoms with Gasteiger partial charge in [0.05, 0.1) is 19.5 Å². The summed E-state index contributed by atoms with van der Waals surface area (Å²) in [6, 6.07) is 7.53. The highest BCUT2D eigenvalue weighted by atomic mass is 32.2. The Morgan fingerprint density at radius 1 is 1.24 bits per heavy atom. The quantitative estimate of drug-likeness (QED) is 0.738. The summed E-state index contributed by atoms with van der Waals surface area (Å²) in [5.74, 6) is 0.513. The molecular weight excluding hydrogens is 344 g/mol. The zero-order chi connectivity index (χ0) is 18.3. The molecule has 1 aromatic rings. The lowest BCUT2D eigenvalue weighted by Crippen LogP contribution is -2.44. The van der Waals surface area contributed by atoms with E-state index in [-0.39, 0.29) is 24.2 Å². The number of rotatable bonds is 8. The molecule has 1 aliphatic rings. The normalized spacial score (nSPS) is 16.6. The minimum absolute atomic E-state index is 0.0197. The second-order valence-electron chi connectivity index (χ2n) is 6.01. The number of hydrogen-bond donors (Lipinski definition) is 1. The van der Waals surface area contributed by atoms with E-state index in [0.717, 1.165) is 11.3 Å². The predicted octanol–water partition coefficient (Wildman–Crippen LogP) is 1.000. The van der Waals surface area contributed by atoms with E-state index in [1.165, 1.54) is 11.4 Å². The molecule has 1 aromatic carbocycles. The Kier molecular flexibility index (Phi) is 7.22. The first-order valence-corrected chi connectivity index (χ1v) is 9.95. The fourth-order valence-corrected chi connectivity index (χ4v) is 4.29. The van der Waals surface area contributed by atoms with Crippen molar-refractivity contribution >= 4 is 15.9 Å². The first kappa shape index (κ1) is 19.7. The Bertz CT molecular complexity index is 669. The fourth-order valence-electron chi connectivity index (χ4n) is 2.89. The van der Waals surface area contributed by atoms with E-state index in [9.17, 15) is 13.2 Å². The van der Waals surface area contributed by atoms with Crippen molar-refractivity contribution < 1.29 is 22.7 Å². The maximum Gasteiger partial charge on any atom is 0.223 e. The van der Waals surface area contributed by atoms with E-state index in [1.54, 1.807) is 7.11 Å². The van der Waals surface area contributed by atoms with E-state index in [4.69, 9.17) is 9.47 Å². The van der Waals surface area contributed by atoms with Crippen LogP contribution in [-0.4, -0.2) is 58.3 Å². The Balaban J connectivity index is 1.83. The number of ether oxygens (including phenoxy) is 2. The highest BCUT2D eigenvalue weighted by Gasteiger charge is 2.30. The molecule has 140 valence electrons. The minimum atomic E-state index is -3.30. The first-order valence-electron chi connectivity index (χ1n) is 8.34. The van der Waals surface area contributed by atoms with Crippen molar-refractivity contribution in [2.45, 2.75) is 19.4 Å². The molecule has 1 saturated heterocycles. The van der Waals surface area contributed by atoms with E-state index in [2.05, 4.69) is 5.32 Å². The lowest BCUT2D eigenvalue weighted by atomic mass is 9.97. The number of carbonyl (C=O) groups excluding carboxylic acids is 1. The molecule has 7 nitrogen and oxygen atoms in total. The number of piperidine rings is 1. The highest BCUT2D eigenvalue weighted by Crippen LogP contribution is 2.21. The van der Waals surface area contributed by atoms with Crippen LogP contribution in [0.25, 0.3) is 0 Å². The summed E-state index contributed by atoms with van der Waals surface area (Å²) < 4.78 is 35.8. The van der Waals surface area contributed by atoms with Gasteiger partial charge in [-0.3, -0.25) is 4.79 Å². The summed E-state index contributed by atoms with van der Waals surface area (Å²) in [5, 5.41) is 2.92. The molecule has 8 heteroatoms. The molecule has 25 heavy (non-hydrogen) atoms. The van der Waals surface area contributed by atoms with Crippen LogP contribution in [0.5, 0.6) is 5.75 Å². The van der Waals surface area contributed by atoms with Crippen LogP contribution in [0.15, 0.2) is 24.3 Å². The molecule has 1 heterocycles. The van der Waals surface area contributed by atoms with Crippen LogP contribution < -0.4 is 10.1 Å². The predicted molar refractivity (Wildman–Crippen MR) is 94.8 cm³/mol. The van der Waals surface area contributed by atoms with Gasteiger partial charge in [-0.1, -0.05) is 18.2 Å². The standard InChI is InChI=1S/C17H26N2O5S/c1-23-11-12-25(21,22)19-9-7-14(8-10-19)17(20)18-13-15-5-3-4-6-16(15)24-2/h3-6,14H,7-13H2,1-2H3,(H,18,20). The van der Waals surface area contributed by atoms with E-state index in [0.29, 0.717) is 32.5 Å². The third kappa shape index (κ3) is 5.42. The number of hydrogen-bond acceptors (Lipinski definition) is 5. The zero-order valence-corrected chi connectivity index (χ0v) is 15.5. The van der Waals surface area contributed by atoms with Gasteiger partial charge in [0.15, 0.2) is 0 Å². The summed E-state index contributed by atoms with van der Waals surface area (Å²) in [5.41, 5.74) is 0.915. The average molecular weight is 370 g/mol. The third-order valence-corrected chi connectivity index (χ3v) is 6.24. The summed E-state index contributed by atoms with van der Waals surface area (Å²) in [6.07, 6.45) is 1.06. The van der Waals surface area contributed by atoms with Crippen LogP contribution in [0.2, 0.25) is 0 Å². The molecule has 1 fully saturated rings. The molecule has 0 aliphatic carbocycles. The molecule has 0 radical (unpaired) electrons. The number of amides is 1. The van der Waals surface area contributed by atoms with Crippen molar-refractivity contribution in [3.05, 3.63) is 29.8 Å². The summed E-state index contributed by atoms with van der Waals surface area (Å²) >= 11 is 0. The van der Waals surface area contributed by atoms with Crippen LogP contribution >= 0.6 is 0 Å². The number of nitrogens with zero attached hydrogens (tertiary/aromatic N) is 1. The van der Waals surface area contributed by atoms with Gasteiger partial charge < -0.3 is 14.8 Å². The van der Waals surface area contributed by atoms with Gasteiger partial charge in [-0.2, -0.15) is 0 Å². The number of carbonyl (C=O) groups is 1. The topological polar surface area (TPSA) is 84.9 Å². The largest absolute Gasteiger partial charge is 0.496 e. The number of para-hydroxylation sites is 1. The molecular formula is C17H26N2O5S. The Morgan fingerprint density at radius 2 is 1.92 bits per heavy atom. The maximum absolute atomic E-state index is 12.4. The Labute approximate surface area is 149 Å². The maximum atomic E-state index is 12.4. The molecule has 0 unspecified atom stereocenters. The second kappa shape index (κ2) is 9.17. The highest BCUT2D eigenvalue weighted by molar-refractivity contribution is 7.89. The van der Waals surface area contributed by atoms with Gasteiger partial charge in [-0.25, -0.2) is 12.7 Å². The summed E-state index contributed by atoms with van der Waals surface area (Å²) in [4.78, 5) is 12.4. The molecule has 0 spiro atoms. The lowest BCUT2D eigenvalue weighted by molar-refractivity contribution is -0.126. The Morgan fingerprint density at radius 3 is 2.56 bits per heavy atom. The molecule has 0 atom stereocenters. The number of methoxy groups -OCH3 is 2. The molecule has 0 aromatic heterocycles. The van der Waals surface area contributed by atoms with E-state index in [1.807, 2.05) is 24.3 Å². The minimum Gasteiger partial charge on any atom is -0.496 e. The molecule has 1 aliphatic heterocycles. The van der Waals surface area contributed by atoms with Gasteiger partial charge in [0.25, 0.3) is 0 Å². The smallest absolute Gasteiger partial charge is 0.223 e. The Hall–Kier alpha value is -1.64. The average Bonchev–Trinajstić information content (AvgIpc) is 2.64. The lowest BCUT2D eigenvalue weighted by Gasteiger charge is -2.30. The fraction of sp³-hybridized carbons (Fsp3) is 0.588. The number of benzene rings is 1. The van der Waals surface area contributed by atoms with Gasteiger partial charge in [0, 0.05) is 38.2 Å². The van der Waals surface area contributed by atoms with Crippen LogP contribution in [0.1, 0.15) is 18.4 Å². The van der Waals surface area contributed by atoms with Gasteiger partial charge in [0.1, 0.15) is 5.75 Å². The summed E-state index contributed by atoms with van der Waals surface area (Å²) in [7, 11) is -0.221. The first-order chi connectivity index (χ1) is 12.0. The van der Waals surface area contributed by atoms with Gasteiger partial charge in [-0.05, 0) is 18.9 Å². The van der Waals surface area contributed by atoms with Gasteiger partial charge in [-0.15, -0.1) is 0 Å².